The topological polar surface area (TPSA) is 25.2 Å². The molecule has 0 atom stereocenters. The van der Waals surface area contributed by atoms with Crippen LogP contribution in [0.25, 0.3) is 10.9 Å². The van der Waals surface area contributed by atoms with Crippen molar-refractivity contribution in [1.82, 2.24) is 9.47 Å². The van der Waals surface area contributed by atoms with Crippen LogP contribution in [0.15, 0.2) is 60.8 Å². The maximum Gasteiger partial charge on any atom is 0.165 e. The summed E-state index contributed by atoms with van der Waals surface area (Å²) in [6.07, 6.45) is 10.9. The number of unbranched alkanes of at least 4 members (excludes halogenated alkanes) is 2. The highest BCUT2D eigenvalue weighted by atomic mass is 16.1. The van der Waals surface area contributed by atoms with E-state index in [0.717, 1.165) is 35.9 Å². The van der Waals surface area contributed by atoms with Gasteiger partial charge < -0.3 is 9.47 Å². The summed E-state index contributed by atoms with van der Waals surface area (Å²) >= 11 is 0. The second kappa shape index (κ2) is 9.89. The number of fused-ring (bicyclic) bond motifs is 1. The van der Waals surface area contributed by atoms with Gasteiger partial charge in [-0.2, -0.15) is 0 Å². The van der Waals surface area contributed by atoms with Gasteiger partial charge >= 0.3 is 0 Å². The van der Waals surface area contributed by atoms with Crippen molar-refractivity contribution in [3.05, 3.63) is 78.3 Å². The molecule has 0 saturated carbocycles. The molecule has 151 valence electrons. The first kappa shape index (κ1) is 19.9. The lowest BCUT2D eigenvalue weighted by molar-refractivity contribution is 0.0980. The van der Waals surface area contributed by atoms with Gasteiger partial charge in [-0.15, -0.1) is 0 Å². The van der Waals surface area contributed by atoms with E-state index in [0.29, 0.717) is 6.42 Å². The second-order valence-electron chi connectivity index (χ2n) is 8.11. The molecule has 3 nitrogen and oxygen atoms in total. The zero-order chi connectivity index (χ0) is 19.9. The predicted molar refractivity (Wildman–Crippen MR) is 120 cm³/mol. The molecule has 29 heavy (non-hydrogen) atoms. The molecule has 0 unspecified atom stereocenters. The normalized spacial score (nSPS) is 15.0. The maximum absolute atomic E-state index is 13.0. The number of rotatable bonds is 9. The van der Waals surface area contributed by atoms with Crippen molar-refractivity contribution in [2.75, 3.05) is 19.6 Å². The van der Waals surface area contributed by atoms with Crippen LogP contribution in [0, 0.1) is 6.42 Å². The molecule has 2 heterocycles. The average molecular weight is 388 g/mol. The first-order valence-corrected chi connectivity index (χ1v) is 11.0. The summed E-state index contributed by atoms with van der Waals surface area (Å²) < 4.78 is 2.21. The van der Waals surface area contributed by atoms with E-state index in [2.05, 4.69) is 64.5 Å². The number of ketones is 1. The molecule has 1 fully saturated rings. The Morgan fingerprint density at radius 2 is 1.62 bits per heavy atom. The molecule has 3 heteroatoms. The fraction of sp³-hybridized carbons (Fsp3) is 0.385. The van der Waals surface area contributed by atoms with Gasteiger partial charge in [-0.05, 0) is 63.4 Å². The quantitative estimate of drug-likeness (QED) is 0.346. The van der Waals surface area contributed by atoms with Gasteiger partial charge in [0.05, 0.1) is 0 Å². The highest BCUT2D eigenvalue weighted by molar-refractivity contribution is 6.08. The molecule has 1 saturated heterocycles. The molecular weight excluding hydrogens is 356 g/mol. The van der Waals surface area contributed by atoms with Crippen molar-refractivity contribution in [1.29, 1.82) is 0 Å². The summed E-state index contributed by atoms with van der Waals surface area (Å²) in [7, 11) is 0. The van der Waals surface area contributed by atoms with Gasteiger partial charge in [0.1, 0.15) is 0 Å². The largest absolute Gasteiger partial charge is 0.342 e. The summed E-state index contributed by atoms with van der Waals surface area (Å²) in [5.74, 6) is 0.278. The van der Waals surface area contributed by atoms with Crippen LogP contribution in [0.2, 0.25) is 0 Å². The molecule has 0 bridgehead atoms. The van der Waals surface area contributed by atoms with Crippen LogP contribution in [0.4, 0.5) is 0 Å². The smallest absolute Gasteiger partial charge is 0.165 e. The lowest BCUT2D eigenvalue weighted by atomic mass is 10.0. The summed E-state index contributed by atoms with van der Waals surface area (Å²) in [6, 6.07) is 18.7. The van der Waals surface area contributed by atoms with Gasteiger partial charge in [-0.25, -0.2) is 0 Å². The Kier molecular flexibility index (Phi) is 6.79. The number of carbonyl (C=O) groups is 1. The summed E-state index contributed by atoms with van der Waals surface area (Å²) in [5, 5.41) is 1.08. The average Bonchev–Trinajstić information content (AvgIpc) is 3.13. The minimum atomic E-state index is 0.278. The predicted octanol–water partition coefficient (Wildman–Crippen LogP) is 5.73. The van der Waals surface area contributed by atoms with Gasteiger partial charge in [0.25, 0.3) is 0 Å². The molecule has 1 radical (unpaired) electrons. The van der Waals surface area contributed by atoms with Crippen molar-refractivity contribution in [3.8, 4) is 0 Å². The SMILES string of the molecule is O=C(CCCCCN1CC[CH]CC1)c1cn(Cc2ccccc2)c2ccccc12. The van der Waals surface area contributed by atoms with E-state index in [1.807, 2.05) is 12.1 Å². The molecule has 0 spiro atoms. The number of likely N-dealkylation sites (tertiary alicyclic amines) is 1. The number of para-hydroxylation sites is 1. The van der Waals surface area contributed by atoms with Gasteiger partial charge in [-0.3, -0.25) is 4.79 Å². The third-order valence-corrected chi connectivity index (χ3v) is 5.96. The highest BCUT2D eigenvalue weighted by Gasteiger charge is 2.15. The lowest BCUT2D eigenvalue weighted by Gasteiger charge is -2.26. The molecule has 4 rings (SSSR count). The minimum Gasteiger partial charge on any atom is -0.342 e. The molecule has 3 aromatic rings. The number of Topliss-reactive ketones (excluding diaryl/α,β-unsaturated/α-hetero) is 1. The number of hydrogen-bond donors (Lipinski definition) is 0. The van der Waals surface area contributed by atoms with Crippen LogP contribution in [0.1, 0.15) is 54.4 Å². The summed E-state index contributed by atoms with van der Waals surface area (Å²) in [4.78, 5) is 15.5. The van der Waals surface area contributed by atoms with Crippen molar-refractivity contribution >= 4 is 16.7 Å². The van der Waals surface area contributed by atoms with Crippen molar-refractivity contribution in [2.24, 2.45) is 0 Å². The molecule has 0 amide bonds. The fourth-order valence-electron chi connectivity index (χ4n) is 4.34. The lowest BCUT2D eigenvalue weighted by Crippen LogP contribution is -2.30. The molecule has 0 N–H and O–H groups in total. The Hall–Kier alpha value is -2.39. The van der Waals surface area contributed by atoms with E-state index in [1.165, 1.54) is 44.5 Å². The number of nitrogens with zero attached hydrogens (tertiary/aromatic N) is 2. The van der Waals surface area contributed by atoms with Gasteiger partial charge in [0, 0.05) is 35.6 Å². The van der Waals surface area contributed by atoms with E-state index < -0.39 is 0 Å². The molecule has 1 aliphatic heterocycles. The zero-order valence-corrected chi connectivity index (χ0v) is 17.2. The molecular formula is C26H31N2O. The van der Waals surface area contributed by atoms with Crippen LogP contribution in [-0.2, 0) is 6.54 Å². The van der Waals surface area contributed by atoms with E-state index in [4.69, 9.17) is 0 Å². The number of hydrogen-bond acceptors (Lipinski definition) is 2. The Bertz CT molecular complexity index is 922. The standard InChI is InChI=1S/C26H31N2O/c29-26(16-6-2-9-17-27-18-10-3-11-19-27)24-21-28(20-22-12-4-1-5-13-22)25-15-8-7-14-23(24)25/h1,3-5,7-8,12-15,21H,2,6,9-11,16-20H2. The van der Waals surface area contributed by atoms with Crippen LogP contribution in [0.3, 0.4) is 0 Å². The van der Waals surface area contributed by atoms with E-state index in [-0.39, 0.29) is 5.78 Å². The van der Waals surface area contributed by atoms with Crippen LogP contribution < -0.4 is 0 Å². The Morgan fingerprint density at radius 3 is 2.45 bits per heavy atom. The van der Waals surface area contributed by atoms with Crippen LogP contribution in [0.5, 0.6) is 0 Å². The highest BCUT2D eigenvalue weighted by Crippen LogP contribution is 2.24. The third-order valence-electron chi connectivity index (χ3n) is 5.96. The summed E-state index contributed by atoms with van der Waals surface area (Å²) in [6.45, 7) is 4.39. The van der Waals surface area contributed by atoms with Crippen LogP contribution in [-0.4, -0.2) is 34.9 Å². The number of piperidine rings is 1. The monoisotopic (exact) mass is 387 g/mol. The summed E-state index contributed by atoms with van der Waals surface area (Å²) in [5.41, 5.74) is 3.27. The molecule has 1 aliphatic rings. The molecule has 1 aromatic heterocycles. The van der Waals surface area contributed by atoms with E-state index >= 15 is 0 Å². The van der Waals surface area contributed by atoms with Gasteiger partial charge in [-0.1, -0.05) is 55.0 Å². The second-order valence-corrected chi connectivity index (χ2v) is 8.11. The van der Waals surface area contributed by atoms with Gasteiger partial charge in [0.2, 0.25) is 0 Å². The van der Waals surface area contributed by atoms with Crippen LogP contribution >= 0.6 is 0 Å². The number of benzene rings is 2. The van der Waals surface area contributed by atoms with E-state index in [1.54, 1.807) is 0 Å². The molecule has 0 aliphatic carbocycles. The Morgan fingerprint density at radius 1 is 0.862 bits per heavy atom. The fourth-order valence-corrected chi connectivity index (χ4v) is 4.34. The zero-order valence-electron chi connectivity index (χ0n) is 17.2. The van der Waals surface area contributed by atoms with Crippen molar-refractivity contribution in [2.45, 2.75) is 45.1 Å². The Balaban J connectivity index is 1.36. The number of carbonyl (C=O) groups excluding carboxylic acids is 1. The van der Waals surface area contributed by atoms with Crippen molar-refractivity contribution < 1.29 is 4.79 Å². The van der Waals surface area contributed by atoms with Crippen molar-refractivity contribution in [3.63, 3.8) is 0 Å². The minimum absolute atomic E-state index is 0.278. The third kappa shape index (κ3) is 5.16. The Labute approximate surface area is 174 Å². The van der Waals surface area contributed by atoms with E-state index in [9.17, 15) is 4.79 Å². The number of aromatic nitrogens is 1. The van der Waals surface area contributed by atoms with Gasteiger partial charge in [0.15, 0.2) is 5.78 Å². The molecule has 2 aromatic carbocycles. The first-order valence-electron chi connectivity index (χ1n) is 11.0. The maximum atomic E-state index is 13.0. The first-order chi connectivity index (χ1) is 14.3.